The first-order chi connectivity index (χ1) is 7.38. The van der Waals surface area contributed by atoms with Crippen molar-refractivity contribution in [2.24, 2.45) is 5.73 Å². The van der Waals surface area contributed by atoms with Gasteiger partial charge in [-0.15, -0.1) is 0 Å². The lowest BCUT2D eigenvalue weighted by Crippen LogP contribution is -2.19. The van der Waals surface area contributed by atoms with Gasteiger partial charge >= 0.3 is 6.18 Å². The Labute approximate surface area is 95.8 Å². The maximum atomic E-state index is 12.7. The Morgan fingerprint density at radius 3 is 2.50 bits per heavy atom. The molecule has 2 nitrogen and oxygen atoms in total. The monoisotopic (exact) mass is 253 g/mol. The lowest BCUT2D eigenvalue weighted by molar-refractivity contribution is -0.138. The normalized spacial score (nSPS) is 13.9. The van der Waals surface area contributed by atoms with E-state index in [0.29, 0.717) is 0 Å². The van der Waals surface area contributed by atoms with Crippen LogP contribution in [0.15, 0.2) is 18.2 Å². The molecule has 1 atom stereocenters. The molecular formula is C10H11ClF3NO. The highest BCUT2D eigenvalue weighted by atomic mass is 35.5. The number of hydrogen-bond acceptors (Lipinski definition) is 2. The summed E-state index contributed by atoms with van der Waals surface area (Å²) in [5.74, 6) is 0. The van der Waals surface area contributed by atoms with Gasteiger partial charge in [-0.3, -0.25) is 0 Å². The molecule has 1 unspecified atom stereocenters. The van der Waals surface area contributed by atoms with Gasteiger partial charge < -0.3 is 10.8 Å². The van der Waals surface area contributed by atoms with E-state index in [1.165, 1.54) is 12.1 Å². The van der Waals surface area contributed by atoms with E-state index in [-0.39, 0.29) is 23.6 Å². The molecule has 0 heterocycles. The van der Waals surface area contributed by atoms with Gasteiger partial charge in [0, 0.05) is 17.7 Å². The number of nitrogens with two attached hydrogens (primary N) is 1. The summed E-state index contributed by atoms with van der Waals surface area (Å²) in [6.45, 7) is -0.288. The van der Waals surface area contributed by atoms with Gasteiger partial charge in [-0.2, -0.15) is 13.2 Å². The van der Waals surface area contributed by atoms with Crippen LogP contribution in [-0.2, 0) is 6.18 Å². The molecule has 6 heteroatoms. The lowest BCUT2D eigenvalue weighted by Gasteiger charge is -2.18. The Balaban J connectivity index is 3.24. The molecule has 0 fully saturated rings. The minimum Gasteiger partial charge on any atom is -0.396 e. The highest BCUT2D eigenvalue weighted by Gasteiger charge is 2.35. The SMILES string of the molecule is NC(CCO)c1c(Cl)cccc1C(F)(F)F. The highest BCUT2D eigenvalue weighted by Crippen LogP contribution is 2.38. The summed E-state index contributed by atoms with van der Waals surface area (Å²) in [4.78, 5) is 0. The van der Waals surface area contributed by atoms with Crippen LogP contribution in [0.3, 0.4) is 0 Å². The molecule has 3 N–H and O–H groups in total. The number of rotatable bonds is 3. The topological polar surface area (TPSA) is 46.2 Å². The Morgan fingerprint density at radius 2 is 2.00 bits per heavy atom. The average Bonchev–Trinajstić information content (AvgIpc) is 2.16. The third-order valence-electron chi connectivity index (χ3n) is 2.17. The molecule has 1 rings (SSSR count). The number of aliphatic hydroxyl groups excluding tert-OH is 1. The molecule has 0 aromatic heterocycles. The molecule has 0 amide bonds. The number of hydrogen-bond donors (Lipinski definition) is 2. The second kappa shape index (κ2) is 5.03. The average molecular weight is 254 g/mol. The van der Waals surface area contributed by atoms with Crippen LogP contribution in [-0.4, -0.2) is 11.7 Å². The highest BCUT2D eigenvalue weighted by molar-refractivity contribution is 6.31. The second-order valence-electron chi connectivity index (χ2n) is 3.32. The Kier molecular flexibility index (Phi) is 4.18. The van der Waals surface area contributed by atoms with E-state index < -0.39 is 17.8 Å². The summed E-state index contributed by atoms with van der Waals surface area (Å²) in [7, 11) is 0. The summed E-state index contributed by atoms with van der Waals surface area (Å²) in [6, 6.07) is 2.58. The van der Waals surface area contributed by atoms with Gasteiger partial charge in [0.05, 0.1) is 5.56 Å². The first-order valence-corrected chi connectivity index (χ1v) is 4.97. The molecule has 0 bridgehead atoms. The van der Waals surface area contributed by atoms with Gasteiger partial charge in [-0.1, -0.05) is 17.7 Å². The zero-order chi connectivity index (χ0) is 12.3. The van der Waals surface area contributed by atoms with Crippen molar-refractivity contribution in [3.8, 4) is 0 Å². The molecule has 90 valence electrons. The number of alkyl halides is 3. The third-order valence-corrected chi connectivity index (χ3v) is 2.50. The minimum absolute atomic E-state index is 0.0317. The molecule has 16 heavy (non-hydrogen) atoms. The summed E-state index contributed by atoms with van der Waals surface area (Å²) in [5.41, 5.74) is 4.55. The largest absolute Gasteiger partial charge is 0.416 e. The predicted octanol–water partition coefficient (Wildman–Crippen LogP) is 2.74. The van der Waals surface area contributed by atoms with Gasteiger partial charge in [0.25, 0.3) is 0 Å². The van der Waals surface area contributed by atoms with Crippen LogP contribution in [0.2, 0.25) is 5.02 Å². The Hall–Kier alpha value is -0.780. The van der Waals surface area contributed by atoms with Crippen molar-refractivity contribution < 1.29 is 18.3 Å². The third kappa shape index (κ3) is 2.87. The van der Waals surface area contributed by atoms with Crippen molar-refractivity contribution in [2.75, 3.05) is 6.61 Å². The van der Waals surface area contributed by atoms with E-state index in [1.807, 2.05) is 0 Å². The van der Waals surface area contributed by atoms with Crippen LogP contribution in [0.4, 0.5) is 13.2 Å². The summed E-state index contributed by atoms with van der Waals surface area (Å²) in [6.07, 6.45) is -4.46. The fourth-order valence-electron chi connectivity index (χ4n) is 1.44. The maximum Gasteiger partial charge on any atom is 0.416 e. The van der Waals surface area contributed by atoms with Crippen LogP contribution >= 0.6 is 11.6 Å². The van der Waals surface area contributed by atoms with E-state index >= 15 is 0 Å². The van der Waals surface area contributed by atoms with Crippen LogP contribution in [0.5, 0.6) is 0 Å². The fourth-order valence-corrected chi connectivity index (χ4v) is 1.76. The van der Waals surface area contributed by atoms with E-state index in [1.54, 1.807) is 0 Å². The van der Waals surface area contributed by atoms with Crippen molar-refractivity contribution in [3.05, 3.63) is 34.3 Å². The smallest absolute Gasteiger partial charge is 0.396 e. The van der Waals surface area contributed by atoms with E-state index in [4.69, 9.17) is 22.4 Å². The molecule has 0 saturated heterocycles. The number of aliphatic hydroxyl groups is 1. The molecular weight excluding hydrogens is 243 g/mol. The molecule has 0 spiro atoms. The Bertz CT molecular complexity index is 368. The van der Waals surface area contributed by atoms with E-state index in [9.17, 15) is 13.2 Å². The standard InChI is InChI=1S/C10H11ClF3NO/c11-7-3-1-2-6(10(12,13)14)9(7)8(15)4-5-16/h1-3,8,16H,4-5,15H2. The zero-order valence-electron chi connectivity index (χ0n) is 8.26. The first-order valence-electron chi connectivity index (χ1n) is 4.60. The summed E-state index contributed by atoms with van der Waals surface area (Å²) in [5, 5.41) is 8.65. The van der Waals surface area contributed by atoms with Gasteiger partial charge in [0.1, 0.15) is 0 Å². The predicted molar refractivity (Wildman–Crippen MR) is 55.1 cm³/mol. The molecule has 0 aliphatic rings. The van der Waals surface area contributed by atoms with Crippen molar-refractivity contribution in [3.63, 3.8) is 0 Å². The quantitative estimate of drug-likeness (QED) is 0.870. The van der Waals surface area contributed by atoms with Crippen molar-refractivity contribution in [1.29, 1.82) is 0 Å². The zero-order valence-corrected chi connectivity index (χ0v) is 9.02. The van der Waals surface area contributed by atoms with Crippen LogP contribution in [0.25, 0.3) is 0 Å². The summed E-state index contributed by atoms with van der Waals surface area (Å²) < 4.78 is 38.0. The second-order valence-corrected chi connectivity index (χ2v) is 3.72. The molecule has 0 saturated carbocycles. The fraction of sp³-hybridized carbons (Fsp3) is 0.400. The Morgan fingerprint density at radius 1 is 1.38 bits per heavy atom. The molecule has 1 aromatic rings. The van der Waals surface area contributed by atoms with Crippen molar-refractivity contribution in [1.82, 2.24) is 0 Å². The van der Waals surface area contributed by atoms with Gasteiger partial charge in [0.15, 0.2) is 0 Å². The first kappa shape index (κ1) is 13.3. The molecule has 0 aliphatic carbocycles. The maximum absolute atomic E-state index is 12.7. The van der Waals surface area contributed by atoms with Crippen molar-refractivity contribution in [2.45, 2.75) is 18.6 Å². The van der Waals surface area contributed by atoms with Crippen molar-refractivity contribution >= 4 is 11.6 Å². The molecule has 1 aromatic carbocycles. The minimum atomic E-state index is -4.49. The van der Waals surface area contributed by atoms with Crippen LogP contribution in [0, 0.1) is 0 Å². The van der Waals surface area contributed by atoms with Gasteiger partial charge in [0.2, 0.25) is 0 Å². The van der Waals surface area contributed by atoms with E-state index in [2.05, 4.69) is 0 Å². The van der Waals surface area contributed by atoms with Gasteiger partial charge in [-0.05, 0) is 24.1 Å². The van der Waals surface area contributed by atoms with E-state index in [0.717, 1.165) is 6.07 Å². The summed E-state index contributed by atoms with van der Waals surface area (Å²) >= 11 is 5.70. The molecule has 0 aliphatic heterocycles. The van der Waals surface area contributed by atoms with Crippen LogP contribution in [0.1, 0.15) is 23.6 Å². The number of benzene rings is 1. The lowest BCUT2D eigenvalue weighted by atomic mass is 9.98. The molecule has 0 radical (unpaired) electrons. The number of halogens is 4. The van der Waals surface area contributed by atoms with Crippen LogP contribution < -0.4 is 5.73 Å². The van der Waals surface area contributed by atoms with Gasteiger partial charge in [-0.25, -0.2) is 0 Å².